The molecule has 1 atom stereocenters. The van der Waals surface area contributed by atoms with E-state index in [1.165, 1.54) is 24.3 Å². The molecule has 0 saturated heterocycles. The molecule has 0 aliphatic carbocycles. The SMILES string of the molecule is O=S([O-])CN=Nc1ccc(F)cc1. The molecule has 0 aliphatic heterocycles. The van der Waals surface area contributed by atoms with Gasteiger partial charge in [-0.15, -0.1) is 0 Å². The van der Waals surface area contributed by atoms with E-state index in [0.717, 1.165) is 0 Å². The van der Waals surface area contributed by atoms with Crippen molar-refractivity contribution in [3.05, 3.63) is 30.1 Å². The molecule has 0 radical (unpaired) electrons. The summed E-state index contributed by atoms with van der Waals surface area (Å²) in [6.07, 6.45) is 0. The van der Waals surface area contributed by atoms with Crippen molar-refractivity contribution in [3.63, 3.8) is 0 Å². The summed E-state index contributed by atoms with van der Waals surface area (Å²) in [5, 5.41) is 6.91. The Morgan fingerprint density at radius 1 is 1.38 bits per heavy atom. The van der Waals surface area contributed by atoms with Gasteiger partial charge in [-0.2, -0.15) is 10.2 Å². The molecule has 1 rings (SSSR count). The Bertz CT molecular complexity index is 326. The average molecular weight is 201 g/mol. The highest BCUT2D eigenvalue weighted by molar-refractivity contribution is 7.79. The maximum atomic E-state index is 12.4. The van der Waals surface area contributed by atoms with Gasteiger partial charge in [0.2, 0.25) is 0 Å². The third kappa shape index (κ3) is 3.86. The smallest absolute Gasteiger partial charge is 0.123 e. The van der Waals surface area contributed by atoms with Crippen molar-refractivity contribution in [2.75, 3.05) is 5.88 Å². The Labute approximate surface area is 76.8 Å². The standard InChI is InChI=1S/C7H7FN2O2S/c8-6-1-3-7(4-2-6)10-9-5-13(11)12/h1-4H,5H2,(H,11,12)/p-1. The predicted octanol–water partition coefficient (Wildman–Crippen LogP) is 1.75. The van der Waals surface area contributed by atoms with Crippen LogP contribution in [0.25, 0.3) is 0 Å². The molecule has 13 heavy (non-hydrogen) atoms. The average Bonchev–Trinajstić information content (AvgIpc) is 2.08. The molecule has 1 unspecified atom stereocenters. The maximum absolute atomic E-state index is 12.4. The Balaban J connectivity index is 2.59. The van der Waals surface area contributed by atoms with Gasteiger partial charge in [-0.3, -0.25) is 4.21 Å². The zero-order valence-corrected chi connectivity index (χ0v) is 7.33. The van der Waals surface area contributed by atoms with E-state index >= 15 is 0 Å². The summed E-state index contributed by atoms with van der Waals surface area (Å²) >= 11 is -2.23. The van der Waals surface area contributed by atoms with Gasteiger partial charge in [0, 0.05) is 0 Å². The minimum absolute atomic E-state index is 0.369. The molecule has 1 aromatic rings. The molecular weight excluding hydrogens is 195 g/mol. The number of nitrogens with zero attached hydrogens (tertiary/aromatic N) is 2. The molecular formula is C7H6FN2O2S-. The second-order valence-electron chi connectivity index (χ2n) is 2.15. The monoisotopic (exact) mass is 201 g/mol. The van der Waals surface area contributed by atoms with Gasteiger partial charge in [-0.25, -0.2) is 4.39 Å². The van der Waals surface area contributed by atoms with Crippen LogP contribution in [0.15, 0.2) is 34.5 Å². The molecule has 0 heterocycles. The second kappa shape index (κ2) is 4.78. The van der Waals surface area contributed by atoms with Crippen molar-refractivity contribution in [1.82, 2.24) is 0 Å². The van der Waals surface area contributed by atoms with E-state index in [2.05, 4.69) is 10.2 Å². The summed E-state index contributed by atoms with van der Waals surface area (Å²) in [5.41, 5.74) is 0.423. The Morgan fingerprint density at radius 2 is 2.00 bits per heavy atom. The zero-order chi connectivity index (χ0) is 9.68. The zero-order valence-electron chi connectivity index (χ0n) is 6.51. The highest BCUT2D eigenvalue weighted by atomic mass is 32.2. The predicted molar refractivity (Wildman–Crippen MR) is 44.7 cm³/mol. The summed E-state index contributed by atoms with van der Waals surface area (Å²) in [7, 11) is 0. The van der Waals surface area contributed by atoms with Crippen LogP contribution in [0.1, 0.15) is 0 Å². The molecule has 0 aliphatic rings. The molecule has 0 N–H and O–H groups in total. The number of azo groups is 1. The van der Waals surface area contributed by atoms with Gasteiger partial charge in [0.05, 0.1) is 5.69 Å². The van der Waals surface area contributed by atoms with E-state index in [1.54, 1.807) is 0 Å². The Kier molecular flexibility index (Phi) is 3.66. The maximum Gasteiger partial charge on any atom is 0.123 e. The molecule has 0 bridgehead atoms. The lowest BCUT2D eigenvalue weighted by Crippen LogP contribution is -1.88. The largest absolute Gasteiger partial charge is 0.771 e. The van der Waals surface area contributed by atoms with Crippen LogP contribution in [0.3, 0.4) is 0 Å². The quantitative estimate of drug-likeness (QED) is 0.552. The van der Waals surface area contributed by atoms with Crippen LogP contribution in [0, 0.1) is 5.82 Å². The Hall–Kier alpha value is -1.14. The topological polar surface area (TPSA) is 64.8 Å². The number of halogens is 1. The highest BCUT2D eigenvalue weighted by Gasteiger charge is 1.89. The van der Waals surface area contributed by atoms with Crippen molar-refractivity contribution in [3.8, 4) is 0 Å². The van der Waals surface area contributed by atoms with Crippen LogP contribution in [-0.2, 0) is 11.1 Å². The van der Waals surface area contributed by atoms with Gasteiger partial charge in [0.15, 0.2) is 0 Å². The van der Waals surface area contributed by atoms with Gasteiger partial charge in [0.25, 0.3) is 0 Å². The molecule has 0 aromatic heterocycles. The molecule has 0 spiro atoms. The molecule has 4 nitrogen and oxygen atoms in total. The summed E-state index contributed by atoms with van der Waals surface area (Å²) in [6.45, 7) is 0. The van der Waals surface area contributed by atoms with Crippen molar-refractivity contribution in [1.29, 1.82) is 0 Å². The molecule has 1 aromatic carbocycles. The molecule has 70 valence electrons. The van der Waals surface area contributed by atoms with Crippen LogP contribution in [0.2, 0.25) is 0 Å². The molecule has 0 amide bonds. The summed E-state index contributed by atoms with van der Waals surface area (Å²) < 4.78 is 32.4. The van der Waals surface area contributed by atoms with Crippen LogP contribution in [0.5, 0.6) is 0 Å². The van der Waals surface area contributed by atoms with Crippen LogP contribution in [-0.4, -0.2) is 14.6 Å². The van der Waals surface area contributed by atoms with Gasteiger partial charge >= 0.3 is 0 Å². The first-order valence-electron chi connectivity index (χ1n) is 3.37. The van der Waals surface area contributed by atoms with Crippen LogP contribution < -0.4 is 0 Å². The lowest BCUT2D eigenvalue weighted by molar-refractivity contribution is 0.536. The summed E-state index contributed by atoms with van der Waals surface area (Å²) in [5.74, 6) is -0.747. The summed E-state index contributed by atoms with van der Waals surface area (Å²) in [4.78, 5) is 0. The lowest BCUT2D eigenvalue weighted by Gasteiger charge is -1.96. The molecule has 6 heteroatoms. The minimum Gasteiger partial charge on any atom is -0.771 e. The highest BCUT2D eigenvalue weighted by Crippen LogP contribution is 2.12. The van der Waals surface area contributed by atoms with Gasteiger partial charge in [-0.1, -0.05) is 0 Å². The molecule has 0 saturated carbocycles. The van der Waals surface area contributed by atoms with Crippen molar-refractivity contribution in [2.24, 2.45) is 10.2 Å². The number of hydrogen-bond acceptors (Lipinski definition) is 4. The van der Waals surface area contributed by atoms with E-state index in [9.17, 15) is 13.2 Å². The van der Waals surface area contributed by atoms with Crippen molar-refractivity contribution >= 4 is 16.8 Å². The van der Waals surface area contributed by atoms with E-state index in [-0.39, 0.29) is 11.7 Å². The van der Waals surface area contributed by atoms with E-state index in [1.807, 2.05) is 0 Å². The van der Waals surface area contributed by atoms with E-state index in [4.69, 9.17) is 0 Å². The fraction of sp³-hybridized carbons (Fsp3) is 0.143. The van der Waals surface area contributed by atoms with E-state index in [0.29, 0.717) is 5.69 Å². The lowest BCUT2D eigenvalue weighted by atomic mass is 10.3. The van der Waals surface area contributed by atoms with Crippen molar-refractivity contribution < 1.29 is 13.2 Å². The van der Waals surface area contributed by atoms with Crippen LogP contribution >= 0.6 is 0 Å². The van der Waals surface area contributed by atoms with Gasteiger partial charge < -0.3 is 4.55 Å². The van der Waals surface area contributed by atoms with Gasteiger partial charge in [0.1, 0.15) is 11.7 Å². The third-order valence-corrected chi connectivity index (χ3v) is 1.50. The van der Waals surface area contributed by atoms with Crippen molar-refractivity contribution in [2.45, 2.75) is 0 Å². The fourth-order valence-electron chi connectivity index (χ4n) is 0.665. The molecule has 0 fully saturated rings. The van der Waals surface area contributed by atoms with Crippen LogP contribution in [0.4, 0.5) is 10.1 Å². The Morgan fingerprint density at radius 3 is 2.54 bits per heavy atom. The van der Waals surface area contributed by atoms with Gasteiger partial charge in [-0.05, 0) is 35.3 Å². The van der Waals surface area contributed by atoms with E-state index < -0.39 is 11.1 Å². The third-order valence-electron chi connectivity index (χ3n) is 1.18. The normalized spacial score (nSPS) is 13.4. The number of benzene rings is 1. The number of hydrogen-bond donors (Lipinski definition) is 0. The fourth-order valence-corrected chi connectivity index (χ4v) is 0.817. The summed E-state index contributed by atoms with van der Waals surface area (Å²) in [6, 6.07) is 5.27. The first-order chi connectivity index (χ1) is 6.18. The number of rotatable bonds is 3. The second-order valence-corrected chi connectivity index (χ2v) is 3.02. The first kappa shape index (κ1) is 9.94. The first-order valence-corrected chi connectivity index (χ1v) is 4.62. The minimum atomic E-state index is -2.23.